The van der Waals surface area contributed by atoms with Crippen molar-refractivity contribution in [1.82, 2.24) is 20.5 Å². The molecule has 0 fully saturated rings. The topological polar surface area (TPSA) is 62.8 Å². The minimum absolute atomic E-state index is 0.136. The fraction of sp³-hybridized carbons (Fsp3) is 0.385. The molecule has 0 bridgehead atoms. The molecule has 2 aromatic rings. The van der Waals surface area contributed by atoms with Crippen LogP contribution in [0.1, 0.15) is 17.8 Å². The molecule has 5 nitrogen and oxygen atoms in total. The Hall–Kier alpha value is -1.73. The van der Waals surface area contributed by atoms with Crippen molar-refractivity contribution in [3.8, 4) is 5.75 Å². The van der Waals surface area contributed by atoms with Gasteiger partial charge in [-0.05, 0) is 31.2 Å². The number of aryl methyl sites for hydroxylation is 1. The van der Waals surface area contributed by atoms with E-state index in [1.54, 1.807) is 6.07 Å². The van der Waals surface area contributed by atoms with Crippen molar-refractivity contribution in [2.75, 3.05) is 6.54 Å². The molecule has 0 aliphatic rings. The van der Waals surface area contributed by atoms with Crippen LogP contribution >= 0.6 is 11.6 Å². The standard InChI is InChI=1S/C13H15ClF2N4O/c14-10-3-4-11(21-13(15)16)9(6-10)7-17-5-1-2-12-18-8-19-20-12/h3-4,6,8,13,17H,1-2,5,7H2,(H,18,19,20). The van der Waals surface area contributed by atoms with Gasteiger partial charge in [0.2, 0.25) is 0 Å². The Balaban J connectivity index is 1.80. The molecule has 0 aliphatic heterocycles. The fourth-order valence-electron chi connectivity index (χ4n) is 1.85. The van der Waals surface area contributed by atoms with E-state index in [2.05, 4.69) is 25.2 Å². The smallest absolute Gasteiger partial charge is 0.387 e. The minimum atomic E-state index is -2.85. The quantitative estimate of drug-likeness (QED) is 0.735. The van der Waals surface area contributed by atoms with Gasteiger partial charge in [-0.1, -0.05) is 11.6 Å². The number of alkyl halides is 2. The summed E-state index contributed by atoms with van der Waals surface area (Å²) in [5.41, 5.74) is 0.600. The lowest BCUT2D eigenvalue weighted by atomic mass is 10.2. The summed E-state index contributed by atoms with van der Waals surface area (Å²) < 4.78 is 29.1. The van der Waals surface area contributed by atoms with E-state index >= 15 is 0 Å². The summed E-state index contributed by atoms with van der Waals surface area (Å²) in [4.78, 5) is 4.02. The van der Waals surface area contributed by atoms with Gasteiger partial charge >= 0.3 is 6.61 Å². The van der Waals surface area contributed by atoms with Gasteiger partial charge in [0, 0.05) is 23.6 Å². The highest BCUT2D eigenvalue weighted by Gasteiger charge is 2.10. The van der Waals surface area contributed by atoms with Crippen LogP contribution in [-0.4, -0.2) is 28.3 Å². The molecule has 8 heteroatoms. The van der Waals surface area contributed by atoms with Crippen LogP contribution in [0.4, 0.5) is 8.78 Å². The Morgan fingerprint density at radius 2 is 2.24 bits per heavy atom. The molecular weight excluding hydrogens is 302 g/mol. The van der Waals surface area contributed by atoms with E-state index in [4.69, 9.17) is 11.6 Å². The minimum Gasteiger partial charge on any atom is -0.434 e. The van der Waals surface area contributed by atoms with Crippen LogP contribution in [0.3, 0.4) is 0 Å². The first-order valence-electron chi connectivity index (χ1n) is 6.43. The fourth-order valence-corrected chi connectivity index (χ4v) is 2.05. The number of halogens is 3. The molecule has 2 N–H and O–H groups in total. The predicted octanol–water partition coefficient (Wildman–Crippen LogP) is 2.78. The van der Waals surface area contributed by atoms with Gasteiger partial charge in [-0.15, -0.1) is 0 Å². The van der Waals surface area contributed by atoms with Crippen molar-refractivity contribution in [3.05, 3.63) is 40.9 Å². The van der Waals surface area contributed by atoms with Crippen LogP contribution < -0.4 is 10.1 Å². The molecule has 114 valence electrons. The van der Waals surface area contributed by atoms with Gasteiger partial charge < -0.3 is 10.1 Å². The van der Waals surface area contributed by atoms with E-state index in [1.165, 1.54) is 18.5 Å². The molecule has 0 amide bonds. The molecule has 1 aromatic carbocycles. The van der Waals surface area contributed by atoms with E-state index in [0.29, 0.717) is 23.7 Å². The lowest BCUT2D eigenvalue weighted by molar-refractivity contribution is -0.0504. The number of H-pyrrole nitrogens is 1. The van der Waals surface area contributed by atoms with Crippen molar-refractivity contribution >= 4 is 11.6 Å². The van der Waals surface area contributed by atoms with Crippen molar-refractivity contribution in [2.24, 2.45) is 0 Å². The second kappa shape index (κ2) is 7.90. The zero-order valence-corrected chi connectivity index (χ0v) is 11.9. The van der Waals surface area contributed by atoms with Crippen molar-refractivity contribution in [1.29, 1.82) is 0 Å². The van der Waals surface area contributed by atoms with Gasteiger partial charge in [0.15, 0.2) is 0 Å². The molecular formula is C13H15ClF2N4O. The highest BCUT2D eigenvalue weighted by molar-refractivity contribution is 6.30. The summed E-state index contributed by atoms with van der Waals surface area (Å²) in [6, 6.07) is 4.58. The Bertz CT molecular complexity index is 551. The molecule has 2 rings (SSSR count). The lowest BCUT2D eigenvalue weighted by Crippen LogP contribution is -2.17. The molecule has 0 spiro atoms. The summed E-state index contributed by atoms with van der Waals surface area (Å²) >= 11 is 5.87. The van der Waals surface area contributed by atoms with E-state index in [0.717, 1.165) is 18.7 Å². The molecule has 0 radical (unpaired) electrons. The highest BCUT2D eigenvalue weighted by Crippen LogP contribution is 2.24. The van der Waals surface area contributed by atoms with Gasteiger partial charge in [-0.3, -0.25) is 5.10 Å². The van der Waals surface area contributed by atoms with E-state index < -0.39 is 6.61 Å². The van der Waals surface area contributed by atoms with Crippen LogP contribution in [0.5, 0.6) is 5.75 Å². The second-order valence-electron chi connectivity index (χ2n) is 4.34. The van der Waals surface area contributed by atoms with Crippen molar-refractivity contribution < 1.29 is 13.5 Å². The average Bonchev–Trinajstić information content (AvgIpc) is 2.94. The number of nitrogens with zero attached hydrogens (tertiary/aromatic N) is 2. The Kier molecular flexibility index (Phi) is 5.89. The third-order valence-corrected chi connectivity index (χ3v) is 3.02. The van der Waals surface area contributed by atoms with Gasteiger partial charge in [0.25, 0.3) is 0 Å². The monoisotopic (exact) mass is 316 g/mol. The van der Waals surface area contributed by atoms with Crippen LogP contribution in [0.15, 0.2) is 24.5 Å². The molecule has 0 aliphatic carbocycles. The van der Waals surface area contributed by atoms with Crippen molar-refractivity contribution in [3.63, 3.8) is 0 Å². The first kappa shape index (κ1) is 15.7. The maximum absolute atomic E-state index is 12.3. The Morgan fingerprint density at radius 3 is 2.95 bits per heavy atom. The lowest BCUT2D eigenvalue weighted by Gasteiger charge is -2.11. The molecule has 0 atom stereocenters. The number of nitrogens with one attached hydrogen (secondary N) is 2. The summed E-state index contributed by atoms with van der Waals surface area (Å²) in [5.74, 6) is 0.957. The maximum Gasteiger partial charge on any atom is 0.387 e. The number of aromatic amines is 1. The van der Waals surface area contributed by atoms with Crippen LogP contribution in [0, 0.1) is 0 Å². The highest BCUT2D eigenvalue weighted by atomic mass is 35.5. The van der Waals surface area contributed by atoms with Crippen LogP contribution in [0.25, 0.3) is 0 Å². The van der Waals surface area contributed by atoms with Gasteiger partial charge in [0.1, 0.15) is 17.9 Å². The van der Waals surface area contributed by atoms with Crippen LogP contribution in [0.2, 0.25) is 5.02 Å². The molecule has 0 saturated carbocycles. The number of hydrogen-bond acceptors (Lipinski definition) is 4. The molecule has 1 heterocycles. The first-order chi connectivity index (χ1) is 10.1. The van der Waals surface area contributed by atoms with E-state index in [1.807, 2.05) is 0 Å². The molecule has 21 heavy (non-hydrogen) atoms. The third-order valence-electron chi connectivity index (χ3n) is 2.79. The van der Waals surface area contributed by atoms with E-state index in [-0.39, 0.29) is 5.75 Å². The molecule has 0 unspecified atom stereocenters. The second-order valence-corrected chi connectivity index (χ2v) is 4.78. The summed E-state index contributed by atoms with van der Waals surface area (Å²) in [7, 11) is 0. The summed E-state index contributed by atoms with van der Waals surface area (Å²) in [5, 5.41) is 10.2. The molecule has 0 saturated heterocycles. The first-order valence-corrected chi connectivity index (χ1v) is 6.81. The summed E-state index contributed by atoms with van der Waals surface area (Å²) in [6.45, 7) is -1.74. The number of aromatic nitrogens is 3. The number of ether oxygens (including phenoxy) is 1. The summed E-state index contributed by atoms with van der Waals surface area (Å²) in [6.07, 6.45) is 3.08. The van der Waals surface area contributed by atoms with Gasteiger partial charge in [-0.25, -0.2) is 4.98 Å². The van der Waals surface area contributed by atoms with Gasteiger partial charge in [-0.2, -0.15) is 13.9 Å². The largest absolute Gasteiger partial charge is 0.434 e. The zero-order valence-electron chi connectivity index (χ0n) is 11.2. The van der Waals surface area contributed by atoms with Gasteiger partial charge in [0.05, 0.1) is 0 Å². The Morgan fingerprint density at radius 1 is 1.38 bits per heavy atom. The SMILES string of the molecule is FC(F)Oc1ccc(Cl)cc1CNCCCc1ncn[nH]1. The zero-order chi connectivity index (χ0) is 15.1. The number of benzene rings is 1. The predicted molar refractivity (Wildman–Crippen MR) is 74.5 cm³/mol. The number of rotatable bonds is 8. The molecule has 1 aromatic heterocycles. The third kappa shape index (κ3) is 5.28. The van der Waals surface area contributed by atoms with Crippen molar-refractivity contribution in [2.45, 2.75) is 26.0 Å². The Labute approximate surface area is 125 Å². The van der Waals surface area contributed by atoms with Crippen LogP contribution in [-0.2, 0) is 13.0 Å². The average molecular weight is 317 g/mol. The van der Waals surface area contributed by atoms with E-state index in [9.17, 15) is 8.78 Å². The normalized spacial score (nSPS) is 11.0. The number of hydrogen-bond donors (Lipinski definition) is 2. The maximum atomic E-state index is 12.3.